The molecule has 0 radical (unpaired) electrons. The first-order valence-electron chi connectivity index (χ1n) is 12.1. The van der Waals surface area contributed by atoms with Gasteiger partial charge in [-0.05, 0) is 53.6 Å². The molecule has 5 rings (SSSR count). The zero-order valence-corrected chi connectivity index (χ0v) is 22.7. The Labute approximate surface area is 237 Å². The standard InChI is InChI=1S/C29H20F2N2O6S2/c30-22-7-4-8-23(31)21(22)17-41(37,38)20-10-11-24-27(15-20)40-28(29(34)32-24)14-19-9-12-26(25(13-19)33(35)36)39-16-18-5-2-1-3-6-18/h1-15H,16-17H2,(H,32,34)/b28-14-. The third-order valence-corrected chi connectivity index (χ3v) is 8.84. The molecule has 4 aromatic carbocycles. The van der Waals surface area contributed by atoms with Gasteiger partial charge >= 0.3 is 5.69 Å². The Bertz CT molecular complexity index is 1790. The van der Waals surface area contributed by atoms with E-state index in [-0.39, 0.29) is 27.8 Å². The molecule has 0 bridgehead atoms. The van der Waals surface area contributed by atoms with Crippen molar-refractivity contribution in [3.8, 4) is 5.75 Å². The van der Waals surface area contributed by atoms with Crippen LogP contribution in [0.25, 0.3) is 6.08 Å². The molecule has 1 amide bonds. The second kappa shape index (κ2) is 11.5. The normalized spacial score (nSPS) is 13.9. The molecule has 12 heteroatoms. The van der Waals surface area contributed by atoms with Crippen LogP contribution in [0.3, 0.4) is 0 Å². The van der Waals surface area contributed by atoms with E-state index in [1.807, 2.05) is 30.3 Å². The molecule has 1 aliphatic rings. The first-order chi connectivity index (χ1) is 19.6. The summed E-state index contributed by atoms with van der Waals surface area (Å²) in [5, 5.41) is 14.4. The average molecular weight is 595 g/mol. The molecule has 0 aromatic heterocycles. The van der Waals surface area contributed by atoms with Crippen molar-refractivity contribution in [2.24, 2.45) is 0 Å². The van der Waals surface area contributed by atoms with Crippen LogP contribution in [0, 0.1) is 21.7 Å². The summed E-state index contributed by atoms with van der Waals surface area (Å²) < 4.78 is 59.8. The summed E-state index contributed by atoms with van der Waals surface area (Å²) >= 11 is 0.964. The van der Waals surface area contributed by atoms with Crippen LogP contribution in [-0.2, 0) is 27.0 Å². The molecule has 0 atom stereocenters. The second-order valence-electron chi connectivity index (χ2n) is 8.94. The predicted octanol–water partition coefficient (Wildman–Crippen LogP) is 6.51. The summed E-state index contributed by atoms with van der Waals surface area (Å²) in [5.41, 5.74) is 0.685. The van der Waals surface area contributed by atoms with E-state index in [0.29, 0.717) is 16.1 Å². The Balaban J connectivity index is 1.40. The van der Waals surface area contributed by atoms with E-state index >= 15 is 0 Å². The average Bonchev–Trinajstić information content (AvgIpc) is 2.95. The minimum Gasteiger partial charge on any atom is -0.482 e. The van der Waals surface area contributed by atoms with Gasteiger partial charge in [0.15, 0.2) is 15.6 Å². The summed E-state index contributed by atoms with van der Waals surface area (Å²) in [6, 6.07) is 20.5. The van der Waals surface area contributed by atoms with E-state index in [4.69, 9.17) is 4.74 Å². The Kier molecular flexibility index (Phi) is 7.86. The number of thioether (sulfide) groups is 1. The molecular formula is C29H20F2N2O6S2. The summed E-state index contributed by atoms with van der Waals surface area (Å²) in [6.07, 6.45) is 1.44. The van der Waals surface area contributed by atoms with E-state index in [0.717, 1.165) is 35.5 Å². The molecule has 41 heavy (non-hydrogen) atoms. The number of carbonyl (C=O) groups excluding carboxylic acids is 1. The number of ether oxygens (including phenoxy) is 1. The molecule has 0 fully saturated rings. The maximum absolute atomic E-state index is 14.1. The number of nitrogens with zero attached hydrogens (tertiary/aromatic N) is 1. The fourth-order valence-electron chi connectivity index (χ4n) is 4.05. The van der Waals surface area contributed by atoms with E-state index < -0.39 is 43.6 Å². The van der Waals surface area contributed by atoms with Crippen molar-refractivity contribution in [2.45, 2.75) is 22.2 Å². The van der Waals surface area contributed by atoms with Crippen molar-refractivity contribution >= 4 is 45.0 Å². The molecule has 1 aliphatic heterocycles. The smallest absolute Gasteiger partial charge is 0.311 e. The van der Waals surface area contributed by atoms with Crippen LogP contribution >= 0.6 is 11.8 Å². The van der Waals surface area contributed by atoms with Crippen LogP contribution in [0.15, 0.2) is 99.6 Å². The number of amides is 1. The van der Waals surface area contributed by atoms with Crippen molar-refractivity contribution in [2.75, 3.05) is 5.32 Å². The molecule has 4 aromatic rings. The van der Waals surface area contributed by atoms with Gasteiger partial charge in [0, 0.05) is 16.5 Å². The monoisotopic (exact) mass is 594 g/mol. The van der Waals surface area contributed by atoms with E-state index in [9.17, 15) is 32.1 Å². The third-order valence-electron chi connectivity index (χ3n) is 6.11. The van der Waals surface area contributed by atoms with Gasteiger partial charge < -0.3 is 10.1 Å². The summed E-state index contributed by atoms with van der Waals surface area (Å²) in [7, 11) is -4.14. The van der Waals surface area contributed by atoms with Crippen molar-refractivity contribution in [1.82, 2.24) is 0 Å². The molecule has 8 nitrogen and oxygen atoms in total. The zero-order valence-electron chi connectivity index (χ0n) is 21.0. The number of hydrogen-bond donors (Lipinski definition) is 1. The molecular weight excluding hydrogens is 574 g/mol. The summed E-state index contributed by atoms with van der Waals surface area (Å²) in [4.78, 5) is 24.2. The number of carbonyl (C=O) groups is 1. The van der Waals surface area contributed by atoms with Crippen LogP contribution in [-0.4, -0.2) is 19.2 Å². The van der Waals surface area contributed by atoms with E-state index in [2.05, 4.69) is 5.32 Å². The highest BCUT2D eigenvalue weighted by atomic mass is 32.2. The molecule has 0 unspecified atom stereocenters. The van der Waals surface area contributed by atoms with Gasteiger partial charge in [-0.15, -0.1) is 0 Å². The van der Waals surface area contributed by atoms with Gasteiger partial charge in [-0.3, -0.25) is 14.9 Å². The van der Waals surface area contributed by atoms with Crippen molar-refractivity contribution in [3.63, 3.8) is 0 Å². The lowest BCUT2D eigenvalue weighted by Crippen LogP contribution is -2.18. The Morgan fingerprint density at radius 3 is 2.39 bits per heavy atom. The molecule has 0 spiro atoms. The summed E-state index contributed by atoms with van der Waals surface area (Å²) in [5.74, 6) is -3.24. The quantitative estimate of drug-likeness (QED) is 0.140. The van der Waals surface area contributed by atoms with Crippen LogP contribution < -0.4 is 10.1 Å². The first kappa shape index (κ1) is 28.0. The largest absolute Gasteiger partial charge is 0.482 e. The van der Waals surface area contributed by atoms with E-state index in [1.54, 1.807) is 6.07 Å². The Morgan fingerprint density at radius 2 is 1.68 bits per heavy atom. The number of anilines is 1. The number of nitro benzene ring substituents is 1. The van der Waals surface area contributed by atoms with Gasteiger partial charge in [0.25, 0.3) is 5.91 Å². The predicted molar refractivity (Wildman–Crippen MR) is 150 cm³/mol. The van der Waals surface area contributed by atoms with Crippen LogP contribution in [0.5, 0.6) is 5.75 Å². The Morgan fingerprint density at radius 1 is 0.951 bits per heavy atom. The highest BCUT2D eigenvalue weighted by Gasteiger charge is 2.26. The number of rotatable bonds is 8. The van der Waals surface area contributed by atoms with Crippen molar-refractivity contribution in [3.05, 3.63) is 128 Å². The zero-order chi connectivity index (χ0) is 29.1. The number of fused-ring (bicyclic) bond motifs is 1. The molecule has 1 heterocycles. The molecule has 0 saturated heterocycles. The molecule has 1 N–H and O–H groups in total. The first-order valence-corrected chi connectivity index (χ1v) is 14.5. The minimum absolute atomic E-state index is 0.0632. The van der Waals surface area contributed by atoms with Crippen LogP contribution in [0.2, 0.25) is 0 Å². The van der Waals surface area contributed by atoms with Gasteiger partial charge in [-0.1, -0.05) is 54.2 Å². The molecule has 0 saturated carbocycles. The maximum Gasteiger partial charge on any atom is 0.311 e. The number of halogens is 2. The van der Waals surface area contributed by atoms with Crippen molar-refractivity contribution in [1.29, 1.82) is 0 Å². The number of nitrogens with one attached hydrogen (secondary N) is 1. The number of benzene rings is 4. The lowest BCUT2D eigenvalue weighted by molar-refractivity contribution is -0.386. The fourth-order valence-corrected chi connectivity index (χ4v) is 6.51. The highest BCUT2D eigenvalue weighted by Crippen LogP contribution is 2.41. The molecule has 208 valence electrons. The topological polar surface area (TPSA) is 116 Å². The number of sulfone groups is 1. The summed E-state index contributed by atoms with van der Waals surface area (Å²) in [6.45, 7) is 0.131. The van der Waals surface area contributed by atoms with Gasteiger partial charge in [-0.25, -0.2) is 17.2 Å². The van der Waals surface area contributed by atoms with Crippen molar-refractivity contribution < 1.29 is 31.7 Å². The van der Waals surface area contributed by atoms with Gasteiger partial charge in [0.2, 0.25) is 0 Å². The second-order valence-corrected chi connectivity index (χ2v) is 12.0. The van der Waals surface area contributed by atoms with Crippen LogP contribution in [0.4, 0.5) is 20.2 Å². The fraction of sp³-hybridized carbons (Fsp3) is 0.0690. The Hall–Kier alpha value is -4.55. The maximum atomic E-state index is 14.1. The van der Waals surface area contributed by atoms with E-state index in [1.165, 1.54) is 36.4 Å². The van der Waals surface area contributed by atoms with Gasteiger partial charge in [0.1, 0.15) is 18.2 Å². The SMILES string of the molecule is O=C1Nc2ccc(S(=O)(=O)Cc3c(F)cccc3F)cc2S/C1=C\c1ccc(OCc2ccccc2)c([N+](=O)[O-])c1. The molecule has 0 aliphatic carbocycles. The van der Waals surface area contributed by atoms with Gasteiger partial charge in [-0.2, -0.15) is 0 Å². The lowest BCUT2D eigenvalue weighted by atomic mass is 10.1. The van der Waals surface area contributed by atoms with Gasteiger partial charge in [0.05, 0.1) is 26.2 Å². The number of nitro groups is 1. The number of hydrogen-bond acceptors (Lipinski definition) is 7. The lowest BCUT2D eigenvalue weighted by Gasteiger charge is -2.19. The third kappa shape index (κ3) is 6.28. The van der Waals surface area contributed by atoms with Crippen LogP contribution in [0.1, 0.15) is 16.7 Å². The highest BCUT2D eigenvalue weighted by molar-refractivity contribution is 8.04. The minimum atomic E-state index is -4.14.